The minimum Gasteiger partial charge on any atom is -0.396 e. The average Bonchev–Trinajstić information content (AvgIpc) is 2.94. The van der Waals surface area contributed by atoms with Gasteiger partial charge >= 0.3 is 0 Å². The molecule has 1 aliphatic carbocycles. The quantitative estimate of drug-likeness (QED) is 0.696. The maximum absolute atomic E-state index is 9.09. The van der Waals surface area contributed by atoms with Crippen molar-refractivity contribution in [2.75, 3.05) is 6.61 Å². The predicted octanol–water partition coefficient (Wildman–Crippen LogP) is 2.12. The van der Waals surface area contributed by atoms with Gasteiger partial charge in [-0.05, 0) is 17.9 Å². The SMILES string of the molecule is C=CC1(c2ccccc2)CC1CO. The van der Waals surface area contributed by atoms with E-state index < -0.39 is 0 Å². The van der Waals surface area contributed by atoms with Crippen LogP contribution in [-0.2, 0) is 5.41 Å². The molecular weight excluding hydrogens is 160 g/mol. The third-order valence-electron chi connectivity index (χ3n) is 3.05. The molecule has 68 valence electrons. The summed E-state index contributed by atoms with van der Waals surface area (Å²) in [4.78, 5) is 0. The molecule has 1 aromatic carbocycles. The van der Waals surface area contributed by atoms with Crippen molar-refractivity contribution < 1.29 is 5.11 Å². The molecule has 1 fully saturated rings. The highest BCUT2D eigenvalue weighted by Gasteiger charge is 2.52. The van der Waals surface area contributed by atoms with Gasteiger partial charge in [0.2, 0.25) is 0 Å². The van der Waals surface area contributed by atoms with Gasteiger partial charge in [0.25, 0.3) is 0 Å². The summed E-state index contributed by atoms with van der Waals surface area (Å²) in [6, 6.07) is 10.3. The molecule has 1 N–H and O–H groups in total. The van der Waals surface area contributed by atoms with E-state index >= 15 is 0 Å². The fourth-order valence-corrected chi connectivity index (χ4v) is 2.05. The third-order valence-corrected chi connectivity index (χ3v) is 3.05. The second-order valence-electron chi connectivity index (χ2n) is 3.69. The fourth-order valence-electron chi connectivity index (χ4n) is 2.05. The number of hydrogen-bond acceptors (Lipinski definition) is 1. The Morgan fingerprint density at radius 1 is 1.46 bits per heavy atom. The topological polar surface area (TPSA) is 20.2 Å². The van der Waals surface area contributed by atoms with Gasteiger partial charge in [0, 0.05) is 12.0 Å². The van der Waals surface area contributed by atoms with Gasteiger partial charge in [-0.3, -0.25) is 0 Å². The van der Waals surface area contributed by atoms with Gasteiger partial charge in [-0.2, -0.15) is 0 Å². The Labute approximate surface area is 78.7 Å². The van der Waals surface area contributed by atoms with Crippen molar-refractivity contribution >= 4 is 0 Å². The summed E-state index contributed by atoms with van der Waals surface area (Å²) in [5.41, 5.74) is 1.35. The zero-order valence-corrected chi connectivity index (χ0v) is 7.61. The van der Waals surface area contributed by atoms with E-state index in [2.05, 4.69) is 18.7 Å². The summed E-state index contributed by atoms with van der Waals surface area (Å²) in [7, 11) is 0. The largest absolute Gasteiger partial charge is 0.396 e. The van der Waals surface area contributed by atoms with Crippen LogP contribution in [0.4, 0.5) is 0 Å². The summed E-state index contributed by atoms with van der Waals surface area (Å²) >= 11 is 0. The van der Waals surface area contributed by atoms with Crippen molar-refractivity contribution in [2.24, 2.45) is 5.92 Å². The van der Waals surface area contributed by atoms with Crippen molar-refractivity contribution in [3.05, 3.63) is 48.6 Å². The van der Waals surface area contributed by atoms with Gasteiger partial charge in [0.05, 0.1) is 0 Å². The average molecular weight is 174 g/mol. The number of hydrogen-bond donors (Lipinski definition) is 1. The Morgan fingerprint density at radius 2 is 2.15 bits per heavy atom. The lowest BCUT2D eigenvalue weighted by Crippen LogP contribution is -2.07. The smallest absolute Gasteiger partial charge is 0.0471 e. The van der Waals surface area contributed by atoms with Gasteiger partial charge < -0.3 is 5.11 Å². The van der Waals surface area contributed by atoms with E-state index in [9.17, 15) is 0 Å². The lowest BCUT2D eigenvalue weighted by atomic mass is 9.94. The van der Waals surface area contributed by atoms with Crippen LogP contribution in [0.1, 0.15) is 12.0 Å². The molecule has 0 aliphatic heterocycles. The lowest BCUT2D eigenvalue weighted by molar-refractivity contribution is 0.268. The first-order valence-electron chi connectivity index (χ1n) is 4.63. The number of benzene rings is 1. The summed E-state index contributed by atoms with van der Waals surface area (Å²) in [5, 5.41) is 9.09. The Hall–Kier alpha value is -1.08. The maximum atomic E-state index is 9.09. The highest BCUT2D eigenvalue weighted by atomic mass is 16.3. The van der Waals surface area contributed by atoms with Gasteiger partial charge in [-0.15, -0.1) is 6.58 Å². The second kappa shape index (κ2) is 3.00. The molecule has 0 heterocycles. The van der Waals surface area contributed by atoms with Crippen LogP contribution in [0.5, 0.6) is 0 Å². The Morgan fingerprint density at radius 3 is 2.62 bits per heavy atom. The van der Waals surface area contributed by atoms with E-state index in [-0.39, 0.29) is 12.0 Å². The molecular formula is C12H14O. The van der Waals surface area contributed by atoms with E-state index in [1.165, 1.54) is 5.56 Å². The summed E-state index contributed by atoms with van der Waals surface area (Å²) in [6.07, 6.45) is 3.01. The molecule has 0 radical (unpaired) electrons. The van der Waals surface area contributed by atoms with Gasteiger partial charge in [-0.25, -0.2) is 0 Å². The summed E-state index contributed by atoms with van der Waals surface area (Å²) < 4.78 is 0. The molecule has 1 aromatic rings. The molecule has 2 atom stereocenters. The zero-order valence-electron chi connectivity index (χ0n) is 7.61. The van der Waals surface area contributed by atoms with Crippen molar-refractivity contribution in [3.8, 4) is 0 Å². The van der Waals surface area contributed by atoms with Crippen LogP contribution in [-0.4, -0.2) is 11.7 Å². The van der Waals surface area contributed by atoms with E-state index in [4.69, 9.17) is 5.11 Å². The predicted molar refractivity (Wildman–Crippen MR) is 53.5 cm³/mol. The van der Waals surface area contributed by atoms with E-state index in [1.807, 2.05) is 24.3 Å². The van der Waals surface area contributed by atoms with Crippen molar-refractivity contribution in [1.29, 1.82) is 0 Å². The monoisotopic (exact) mass is 174 g/mol. The van der Waals surface area contributed by atoms with E-state index in [1.54, 1.807) is 0 Å². The molecule has 2 unspecified atom stereocenters. The van der Waals surface area contributed by atoms with Crippen LogP contribution < -0.4 is 0 Å². The molecule has 0 spiro atoms. The molecule has 1 aliphatic rings. The Kier molecular flexibility index (Phi) is 1.97. The van der Waals surface area contributed by atoms with Gasteiger partial charge in [0.15, 0.2) is 0 Å². The number of aliphatic hydroxyl groups excluding tert-OH is 1. The molecule has 0 bridgehead atoms. The zero-order chi connectivity index (χ0) is 9.31. The molecule has 0 saturated heterocycles. The van der Waals surface area contributed by atoms with Crippen LogP contribution in [0.3, 0.4) is 0 Å². The number of allylic oxidation sites excluding steroid dienone is 1. The minimum absolute atomic E-state index is 0.0655. The highest BCUT2D eigenvalue weighted by molar-refractivity contribution is 5.38. The molecule has 1 heteroatoms. The minimum atomic E-state index is 0.0655. The van der Waals surface area contributed by atoms with Crippen LogP contribution >= 0.6 is 0 Å². The summed E-state index contributed by atoms with van der Waals surface area (Å²) in [5.74, 6) is 0.382. The van der Waals surface area contributed by atoms with Gasteiger partial charge in [0.1, 0.15) is 0 Å². The highest BCUT2D eigenvalue weighted by Crippen LogP contribution is 2.54. The number of rotatable bonds is 3. The molecule has 0 aromatic heterocycles. The van der Waals surface area contributed by atoms with Crippen molar-refractivity contribution in [3.63, 3.8) is 0 Å². The van der Waals surface area contributed by atoms with E-state index in [0.717, 1.165) is 6.42 Å². The van der Waals surface area contributed by atoms with Crippen LogP contribution in [0.25, 0.3) is 0 Å². The van der Waals surface area contributed by atoms with Crippen LogP contribution in [0, 0.1) is 5.92 Å². The molecule has 2 rings (SSSR count). The van der Waals surface area contributed by atoms with E-state index in [0.29, 0.717) is 5.92 Å². The van der Waals surface area contributed by atoms with Gasteiger partial charge in [-0.1, -0.05) is 36.4 Å². The summed E-state index contributed by atoms with van der Waals surface area (Å²) in [6.45, 7) is 4.12. The molecule has 1 saturated carbocycles. The molecule has 1 nitrogen and oxygen atoms in total. The Bertz CT molecular complexity index is 304. The van der Waals surface area contributed by atoms with Crippen LogP contribution in [0.15, 0.2) is 43.0 Å². The first-order chi connectivity index (χ1) is 6.33. The maximum Gasteiger partial charge on any atom is 0.0471 e. The molecule has 13 heavy (non-hydrogen) atoms. The van der Waals surface area contributed by atoms with Crippen molar-refractivity contribution in [1.82, 2.24) is 0 Å². The second-order valence-corrected chi connectivity index (χ2v) is 3.69. The fraction of sp³-hybridized carbons (Fsp3) is 0.333. The molecule has 0 amide bonds. The third kappa shape index (κ3) is 1.20. The van der Waals surface area contributed by atoms with Crippen LogP contribution in [0.2, 0.25) is 0 Å². The standard InChI is InChI=1S/C12H14O/c1-2-12(8-11(12)9-13)10-6-4-3-5-7-10/h2-7,11,13H,1,8-9H2. The first-order valence-corrected chi connectivity index (χ1v) is 4.63. The lowest BCUT2D eigenvalue weighted by Gasteiger charge is -2.11. The number of aliphatic hydroxyl groups is 1. The van der Waals surface area contributed by atoms with Crippen molar-refractivity contribution in [2.45, 2.75) is 11.8 Å². The Balaban J connectivity index is 2.30. The first kappa shape index (κ1) is 8.52. The normalized spacial score (nSPS) is 31.3.